The fourth-order valence-electron chi connectivity index (χ4n) is 2.14. The maximum absolute atomic E-state index is 14.0. The lowest BCUT2D eigenvalue weighted by Gasteiger charge is -2.19. The van der Waals surface area contributed by atoms with E-state index in [1.54, 1.807) is 19.2 Å². The van der Waals surface area contributed by atoms with Crippen LogP contribution in [-0.4, -0.2) is 7.05 Å². The van der Waals surface area contributed by atoms with E-state index in [0.29, 0.717) is 15.4 Å². The van der Waals surface area contributed by atoms with E-state index in [1.807, 2.05) is 0 Å². The average molecular weight is 423 g/mol. The fourth-order valence-corrected chi connectivity index (χ4v) is 2.97. The molecule has 112 valence electrons. The summed E-state index contributed by atoms with van der Waals surface area (Å²) >= 11 is 6.16. The highest BCUT2D eigenvalue weighted by molar-refractivity contribution is 9.10. The molecule has 0 aliphatic heterocycles. The van der Waals surface area contributed by atoms with Gasteiger partial charge in [0.25, 0.3) is 0 Å². The van der Waals surface area contributed by atoms with E-state index in [0.717, 1.165) is 5.56 Å². The maximum Gasteiger partial charge on any atom is 0.137 e. The predicted molar refractivity (Wildman–Crippen MR) is 83.7 cm³/mol. The molecule has 1 N–H and O–H groups in total. The third kappa shape index (κ3) is 3.87. The number of halogens is 5. The molecule has 6 heteroatoms. The number of nitrogens with one attached hydrogen (secondary N) is 1. The van der Waals surface area contributed by atoms with E-state index in [-0.39, 0.29) is 11.4 Å². The molecule has 1 nitrogen and oxygen atoms in total. The standard InChI is InChI=1S/C15H12Br2F3N/c1-21-14(5-8-2-3-11(18)10(17)4-8)15-12(19)6-9(16)7-13(15)20/h2-4,6-7,14,21H,5H2,1H3. The molecule has 0 aliphatic rings. The Morgan fingerprint density at radius 2 is 1.62 bits per heavy atom. The topological polar surface area (TPSA) is 12.0 Å². The Morgan fingerprint density at radius 1 is 1.00 bits per heavy atom. The second-order valence-electron chi connectivity index (χ2n) is 4.58. The molecule has 0 saturated carbocycles. The minimum atomic E-state index is -0.623. The Labute approximate surface area is 137 Å². The van der Waals surface area contributed by atoms with Crippen LogP contribution in [0.4, 0.5) is 13.2 Å². The van der Waals surface area contributed by atoms with Crippen LogP contribution in [0, 0.1) is 17.5 Å². The van der Waals surface area contributed by atoms with Crippen molar-refractivity contribution in [3.05, 3.63) is 67.9 Å². The van der Waals surface area contributed by atoms with Crippen LogP contribution in [0.2, 0.25) is 0 Å². The third-order valence-corrected chi connectivity index (χ3v) is 4.23. The minimum absolute atomic E-state index is 0.0267. The molecule has 1 atom stereocenters. The number of likely N-dealkylation sites (N-methyl/N-ethyl adjacent to an activating group) is 1. The van der Waals surface area contributed by atoms with Gasteiger partial charge in [-0.15, -0.1) is 0 Å². The molecule has 0 heterocycles. The van der Waals surface area contributed by atoms with Gasteiger partial charge in [-0.3, -0.25) is 0 Å². The summed E-state index contributed by atoms with van der Waals surface area (Å²) in [7, 11) is 1.63. The van der Waals surface area contributed by atoms with Gasteiger partial charge in [-0.25, -0.2) is 13.2 Å². The van der Waals surface area contributed by atoms with Crippen LogP contribution in [0.3, 0.4) is 0 Å². The third-order valence-electron chi connectivity index (χ3n) is 3.16. The van der Waals surface area contributed by atoms with E-state index >= 15 is 0 Å². The van der Waals surface area contributed by atoms with Crippen molar-refractivity contribution in [1.29, 1.82) is 0 Å². The summed E-state index contributed by atoms with van der Waals surface area (Å²) in [6, 6.07) is 6.43. The van der Waals surface area contributed by atoms with Crippen molar-refractivity contribution in [3.8, 4) is 0 Å². The monoisotopic (exact) mass is 421 g/mol. The Bertz CT molecular complexity index is 638. The van der Waals surface area contributed by atoms with Crippen LogP contribution in [-0.2, 0) is 6.42 Å². The molecule has 2 aromatic rings. The van der Waals surface area contributed by atoms with Gasteiger partial charge in [-0.1, -0.05) is 22.0 Å². The summed E-state index contributed by atoms with van der Waals surface area (Å²) in [5.41, 5.74) is 0.741. The molecule has 0 fully saturated rings. The average Bonchev–Trinajstić information content (AvgIpc) is 2.40. The quantitative estimate of drug-likeness (QED) is 0.719. The van der Waals surface area contributed by atoms with Gasteiger partial charge in [-0.05, 0) is 59.2 Å². The van der Waals surface area contributed by atoms with Crippen LogP contribution in [0.25, 0.3) is 0 Å². The highest BCUT2D eigenvalue weighted by Crippen LogP contribution is 2.28. The zero-order valence-electron chi connectivity index (χ0n) is 11.1. The van der Waals surface area contributed by atoms with Gasteiger partial charge in [0, 0.05) is 16.1 Å². The van der Waals surface area contributed by atoms with Crippen molar-refractivity contribution in [1.82, 2.24) is 5.32 Å². The van der Waals surface area contributed by atoms with Crippen LogP contribution in [0.15, 0.2) is 39.3 Å². The lowest BCUT2D eigenvalue weighted by molar-refractivity contribution is 0.488. The van der Waals surface area contributed by atoms with E-state index in [9.17, 15) is 13.2 Å². The molecule has 1 unspecified atom stereocenters. The van der Waals surface area contributed by atoms with Crippen molar-refractivity contribution >= 4 is 31.9 Å². The zero-order chi connectivity index (χ0) is 15.6. The molecule has 0 spiro atoms. The maximum atomic E-state index is 14.0. The molecule has 2 rings (SSSR count). The fraction of sp³-hybridized carbons (Fsp3) is 0.200. The summed E-state index contributed by atoms with van der Waals surface area (Å²) in [5, 5.41) is 2.90. The zero-order valence-corrected chi connectivity index (χ0v) is 14.2. The van der Waals surface area contributed by atoms with Gasteiger partial charge >= 0.3 is 0 Å². The Balaban J connectivity index is 2.34. The molecule has 0 radical (unpaired) electrons. The SMILES string of the molecule is CNC(Cc1ccc(F)c(Br)c1)c1c(F)cc(Br)cc1F. The molecular weight excluding hydrogens is 411 g/mol. The molecule has 0 aromatic heterocycles. The van der Waals surface area contributed by atoms with Crippen LogP contribution < -0.4 is 5.32 Å². The molecule has 2 aromatic carbocycles. The molecule has 0 aliphatic carbocycles. The number of benzene rings is 2. The van der Waals surface area contributed by atoms with Crippen molar-refractivity contribution in [2.45, 2.75) is 12.5 Å². The molecule has 0 bridgehead atoms. The van der Waals surface area contributed by atoms with Crippen molar-refractivity contribution in [2.24, 2.45) is 0 Å². The van der Waals surface area contributed by atoms with Crippen LogP contribution in [0.1, 0.15) is 17.2 Å². The summed E-state index contributed by atoms with van der Waals surface area (Å²) in [6.45, 7) is 0. The second-order valence-corrected chi connectivity index (χ2v) is 6.35. The van der Waals surface area contributed by atoms with Gasteiger partial charge in [0.15, 0.2) is 0 Å². The highest BCUT2D eigenvalue weighted by atomic mass is 79.9. The van der Waals surface area contributed by atoms with Crippen LogP contribution in [0.5, 0.6) is 0 Å². The predicted octanol–water partition coefficient (Wildman–Crippen LogP) is 5.13. The number of hydrogen-bond acceptors (Lipinski definition) is 1. The minimum Gasteiger partial charge on any atom is -0.313 e. The van der Waals surface area contributed by atoms with Gasteiger partial charge in [0.05, 0.1) is 4.47 Å². The second kappa shape index (κ2) is 6.94. The number of hydrogen-bond donors (Lipinski definition) is 1. The largest absolute Gasteiger partial charge is 0.313 e. The van der Waals surface area contributed by atoms with E-state index in [2.05, 4.69) is 37.2 Å². The highest BCUT2D eigenvalue weighted by Gasteiger charge is 2.20. The van der Waals surface area contributed by atoms with Crippen molar-refractivity contribution < 1.29 is 13.2 Å². The normalized spacial score (nSPS) is 12.5. The lowest BCUT2D eigenvalue weighted by atomic mass is 9.98. The van der Waals surface area contributed by atoms with Crippen molar-refractivity contribution in [3.63, 3.8) is 0 Å². The van der Waals surface area contributed by atoms with E-state index in [4.69, 9.17) is 0 Å². The van der Waals surface area contributed by atoms with Crippen molar-refractivity contribution in [2.75, 3.05) is 7.05 Å². The van der Waals surface area contributed by atoms with Gasteiger partial charge in [0.2, 0.25) is 0 Å². The van der Waals surface area contributed by atoms with E-state index in [1.165, 1.54) is 18.2 Å². The summed E-state index contributed by atoms with van der Waals surface area (Å²) in [5.74, 6) is -1.62. The summed E-state index contributed by atoms with van der Waals surface area (Å²) < 4.78 is 41.9. The van der Waals surface area contributed by atoms with Gasteiger partial charge in [-0.2, -0.15) is 0 Å². The summed E-state index contributed by atoms with van der Waals surface area (Å²) in [6.07, 6.45) is 0.338. The van der Waals surface area contributed by atoms with Gasteiger partial charge < -0.3 is 5.32 Å². The van der Waals surface area contributed by atoms with E-state index < -0.39 is 17.7 Å². The number of rotatable bonds is 4. The Morgan fingerprint density at radius 3 is 2.14 bits per heavy atom. The first-order valence-corrected chi connectivity index (χ1v) is 7.76. The summed E-state index contributed by atoms with van der Waals surface area (Å²) in [4.78, 5) is 0. The Hall–Kier alpha value is -0.850. The lowest BCUT2D eigenvalue weighted by Crippen LogP contribution is -2.21. The first-order valence-electron chi connectivity index (χ1n) is 6.18. The molecular formula is C15H12Br2F3N. The first kappa shape index (κ1) is 16.5. The van der Waals surface area contributed by atoms with Crippen LogP contribution >= 0.6 is 31.9 Å². The smallest absolute Gasteiger partial charge is 0.137 e. The first-order chi connectivity index (χ1) is 9.92. The van der Waals surface area contributed by atoms with Gasteiger partial charge in [0.1, 0.15) is 17.5 Å². The molecule has 0 amide bonds. The molecule has 21 heavy (non-hydrogen) atoms. The molecule has 0 saturated heterocycles. The Kier molecular flexibility index (Phi) is 5.46.